The Morgan fingerprint density at radius 3 is 2.25 bits per heavy atom. The molecule has 0 aliphatic heterocycles. The van der Waals surface area contributed by atoms with Gasteiger partial charge < -0.3 is 9.47 Å². The third kappa shape index (κ3) is 2.99. The molecule has 0 atom stereocenters. The van der Waals surface area contributed by atoms with Crippen molar-refractivity contribution in [3.63, 3.8) is 0 Å². The standard InChI is InChI=1S/C17H18O3/c1-3-19-15-12-8-11-14(17(15)20-4-2)16(18)13-9-6-5-7-10-13/h5-12H,3-4H2,1-2H3. The van der Waals surface area contributed by atoms with Crippen LogP contribution >= 0.6 is 0 Å². The number of carbonyl (C=O) groups is 1. The van der Waals surface area contributed by atoms with Gasteiger partial charge in [0.1, 0.15) is 0 Å². The molecule has 2 aromatic rings. The summed E-state index contributed by atoms with van der Waals surface area (Å²) in [5.41, 5.74) is 1.17. The van der Waals surface area contributed by atoms with E-state index in [4.69, 9.17) is 9.47 Å². The summed E-state index contributed by atoms with van der Waals surface area (Å²) >= 11 is 0. The highest BCUT2D eigenvalue weighted by molar-refractivity contribution is 6.11. The Morgan fingerprint density at radius 1 is 0.900 bits per heavy atom. The molecule has 0 radical (unpaired) electrons. The first-order chi connectivity index (χ1) is 9.77. The molecule has 104 valence electrons. The summed E-state index contributed by atoms with van der Waals surface area (Å²) in [7, 11) is 0. The molecule has 0 amide bonds. The van der Waals surface area contributed by atoms with Crippen LogP contribution in [0.1, 0.15) is 29.8 Å². The molecular weight excluding hydrogens is 252 g/mol. The number of carbonyl (C=O) groups excluding carboxylic acids is 1. The fraction of sp³-hybridized carbons (Fsp3) is 0.235. The molecule has 0 bridgehead atoms. The van der Waals surface area contributed by atoms with Gasteiger partial charge in [-0.15, -0.1) is 0 Å². The van der Waals surface area contributed by atoms with Crippen molar-refractivity contribution in [1.82, 2.24) is 0 Å². The molecule has 0 unspecified atom stereocenters. The summed E-state index contributed by atoms with van der Waals surface area (Å²) in [4.78, 5) is 12.6. The van der Waals surface area contributed by atoms with Gasteiger partial charge in [0.05, 0.1) is 18.8 Å². The van der Waals surface area contributed by atoms with E-state index < -0.39 is 0 Å². The van der Waals surface area contributed by atoms with Crippen molar-refractivity contribution < 1.29 is 14.3 Å². The van der Waals surface area contributed by atoms with Crippen molar-refractivity contribution in [2.75, 3.05) is 13.2 Å². The first kappa shape index (κ1) is 14.1. The number of rotatable bonds is 6. The number of para-hydroxylation sites is 1. The Balaban J connectivity index is 2.45. The van der Waals surface area contributed by atoms with E-state index in [1.165, 1.54) is 0 Å². The summed E-state index contributed by atoms with van der Waals surface area (Å²) < 4.78 is 11.2. The molecule has 0 aliphatic rings. The molecule has 0 saturated carbocycles. The van der Waals surface area contributed by atoms with Crippen LogP contribution in [0.2, 0.25) is 0 Å². The van der Waals surface area contributed by atoms with Crippen LogP contribution in [0, 0.1) is 0 Å². The van der Waals surface area contributed by atoms with Gasteiger partial charge >= 0.3 is 0 Å². The zero-order valence-corrected chi connectivity index (χ0v) is 11.8. The summed E-state index contributed by atoms with van der Waals surface area (Å²) in [5.74, 6) is 1.07. The molecule has 2 aromatic carbocycles. The topological polar surface area (TPSA) is 35.5 Å². The minimum atomic E-state index is -0.0596. The van der Waals surface area contributed by atoms with Crippen LogP contribution < -0.4 is 9.47 Å². The van der Waals surface area contributed by atoms with Crippen LogP contribution in [-0.2, 0) is 0 Å². The van der Waals surface area contributed by atoms with Gasteiger partial charge in [-0.05, 0) is 26.0 Å². The van der Waals surface area contributed by atoms with Gasteiger partial charge in [0.15, 0.2) is 17.3 Å². The third-order valence-corrected chi connectivity index (χ3v) is 2.85. The highest BCUT2D eigenvalue weighted by atomic mass is 16.5. The monoisotopic (exact) mass is 270 g/mol. The highest BCUT2D eigenvalue weighted by Gasteiger charge is 2.18. The van der Waals surface area contributed by atoms with Crippen molar-refractivity contribution in [3.05, 3.63) is 59.7 Å². The number of ether oxygens (including phenoxy) is 2. The molecule has 0 spiro atoms. The van der Waals surface area contributed by atoms with Crippen LogP contribution in [0.4, 0.5) is 0 Å². The fourth-order valence-corrected chi connectivity index (χ4v) is 2.00. The smallest absolute Gasteiger partial charge is 0.196 e. The predicted octanol–water partition coefficient (Wildman–Crippen LogP) is 3.72. The second kappa shape index (κ2) is 6.75. The first-order valence-corrected chi connectivity index (χ1v) is 6.76. The van der Waals surface area contributed by atoms with Crippen LogP contribution in [0.25, 0.3) is 0 Å². The molecule has 0 aliphatic carbocycles. The van der Waals surface area contributed by atoms with E-state index in [9.17, 15) is 4.79 Å². The Kier molecular flexibility index (Phi) is 4.77. The van der Waals surface area contributed by atoms with Crippen molar-refractivity contribution in [1.29, 1.82) is 0 Å². The molecule has 0 saturated heterocycles. The van der Waals surface area contributed by atoms with Crippen molar-refractivity contribution in [3.8, 4) is 11.5 Å². The maximum absolute atomic E-state index is 12.6. The second-order valence-electron chi connectivity index (χ2n) is 4.19. The summed E-state index contributed by atoms with van der Waals surface area (Å²) in [6, 6.07) is 14.6. The summed E-state index contributed by atoms with van der Waals surface area (Å²) in [6.45, 7) is 4.81. The first-order valence-electron chi connectivity index (χ1n) is 6.76. The van der Waals surface area contributed by atoms with Crippen molar-refractivity contribution >= 4 is 5.78 Å². The Morgan fingerprint density at radius 2 is 1.60 bits per heavy atom. The minimum Gasteiger partial charge on any atom is -0.490 e. The molecule has 0 heterocycles. The maximum Gasteiger partial charge on any atom is 0.196 e. The van der Waals surface area contributed by atoms with Gasteiger partial charge in [0.25, 0.3) is 0 Å². The van der Waals surface area contributed by atoms with E-state index in [1.54, 1.807) is 18.2 Å². The Labute approximate surface area is 119 Å². The number of ketones is 1. The average molecular weight is 270 g/mol. The largest absolute Gasteiger partial charge is 0.490 e. The lowest BCUT2D eigenvalue weighted by Crippen LogP contribution is -2.07. The van der Waals surface area contributed by atoms with Crippen LogP contribution in [0.5, 0.6) is 11.5 Å². The molecule has 20 heavy (non-hydrogen) atoms. The van der Waals surface area contributed by atoms with Gasteiger partial charge in [-0.1, -0.05) is 36.4 Å². The van der Waals surface area contributed by atoms with E-state index in [0.717, 1.165) is 0 Å². The molecule has 0 N–H and O–H groups in total. The van der Waals surface area contributed by atoms with Gasteiger partial charge in [-0.3, -0.25) is 4.79 Å². The number of benzene rings is 2. The second-order valence-corrected chi connectivity index (χ2v) is 4.19. The molecule has 0 aromatic heterocycles. The Hall–Kier alpha value is -2.29. The molecule has 3 heteroatoms. The quantitative estimate of drug-likeness (QED) is 0.750. The third-order valence-electron chi connectivity index (χ3n) is 2.85. The van der Waals surface area contributed by atoms with Crippen LogP contribution in [0.3, 0.4) is 0 Å². The van der Waals surface area contributed by atoms with E-state index in [-0.39, 0.29) is 5.78 Å². The van der Waals surface area contributed by atoms with Gasteiger partial charge in [0, 0.05) is 5.56 Å². The van der Waals surface area contributed by atoms with E-state index in [1.807, 2.05) is 44.2 Å². The molecule has 3 nitrogen and oxygen atoms in total. The predicted molar refractivity (Wildman–Crippen MR) is 78.7 cm³/mol. The highest BCUT2D eigenvalue weighted by Crippen LogP contribution is 2.32. The lowest BCUT2D eigenvalue weighted by Gasteiger charge is -2.14. The van der Waals surface area contributed by atoms with Gasteiger partial charge in [-0.2, -0.15) is 0 Å². The van der Waals surface area contributed by atoms with Gasteiger partial charge in [0.2, 0.25) is 0 Å². The van der Waals surface area contributed by atoms with Crippen LogP contribution in [-0.4, -0.2) is 19.0 Å². The summed E-state index contributed by atoms with van der Waals surface area (Å²) in [5, 5.41) is 0. The van der Waals surface area contributed by atoms with Gasteiger partial charge in [-0.25, -0.2) is 0 Å². The van der Waals surface area contributed by atoms with E-state index in [2.05, 4.69) is 0 Å². The average Bonchev–Trinajstić information content (AvgIpc) is 2.49. The molecular formula is C17H18O3. The van der Waals surface area contributed by atoms with Crippen molar-refractivity contribution in [2.24, 2.45) is 0 Å². The van der Waals surface area contributed by atoms with Crippen molar-refractivity contribution in [2.45, 2.75) is 13.8 Å². The molecule has 2 rings (SSSR count). The summed E-state index contributed by atoms with van der Waals surface area (Å²) in [6.07, 6.45) is 0. The molecule has 0 fully saturated rings. The Bertz CT molecular complexity index is 576. The lowest BCUT2D eigenvalue weighted by molar-refractivity contribution is 0.103. The zero-order valence-electron chi connectivity index (χ0n) is 11.8. The fourth-order valence-electron chi connectivity index (χ4n) is 2.00. The number of hydrogen-bond donors (Lipinski definition) is 0. The zero-order chi connectivity index (χ0) is 14.4. The minimum absolute atomic E-state index is 0.0596. The lowest BCUT2D eigenvalue weighted by atomic mass is 10.0. The maximum atomic E-state index is 12.6. The van der Waals surface area contributed by atoms with E-state index in [0.29, 0.717) is 35.8 Å². The SMILES string of the molecule is CCOc1cccc(C(=O)c2ccccc2)c1OCC. The normalized spacial score (nSPS) is 10.1. The number of hydrogen-bond acceptors (Lipinski definition) is 3. The van der Waals surface area contributed by atoms with Crippen LogP contribution in [0.15, 0.2) is 48.5 Å². The van der Waals surface area contributed by atoms with E-state index >= 15 is 0 Å².